The van der Waals surface area contributed by atoms with E-state index in [0.717, 1.165) is 0 Å². The Balaban J connectivity index is 1.83. The second kappa shape index (κ2) is 7.77. The number of benzene rings is 2. The van der Waals surface area contributed by atoms with E-state index in [1.165, 1.54) is 23.2 Å². The highest BCUT2D eigenvalue weighted by Crippen LogP contribution is 2.30. The van der Waals surface area contributed by atoms with Crippen molar-refractivity contribution < 1.29 is 22.4 Å². The van der Waals surface area contributed by atoms with Gasteiger partial charge in [-0.3, -0.25) is 4.79 Å². The highest BCUT2D eigenvalue weighted by Gasteiger charge is 2.24. The molecule has 0 spiro atoms. The number of carbonyl (C=O) groups excluding carboxylic acids is 1. The molecule has 0 bridgehead atoms. The first-order valence-corrected chi connectivity index (χ1v) is 11.1. The SMILES string of the molecule is COC(=O)CCCc1cc2cc(Cl)ccc2n1S(=O)(=O)c1ccc2nc(C)oc2c1. The second-order valence-electron chi connectivity index (χ2n) is 6.90. The maximum atomic E-state index is 13.6. The molecule has 156 valence electrons. The van der Waals surface area contributed by atoms with E-state index in [2.05, 4.69) is 9.72 Å². The molecule has 0 N–H and O–H groups in total. The van der Waals surface area contributed by atoms with Crippen molar-refractivity contribution in [1.82, 2.24) is 8.96 Å². The summed E-state index contributed by atoms with van der Waals surface area (Å²) in [6.07, 6.45) is 1.03. The van der Waals surface area contributed by atoms with Crippen molar-refractivity contribution in [3.63, 3.8) is 0 Å². The minimum Gasteiger partial charge on any atom is -0.469 e. The van der Waals surface area contributed by atoms with Crippen LogP contribution in [-0.2, 0) is 26.0 Å². The topological polar surface area (TPSA) is 91.4 Å². The third-order valence-electron chi connectivity index (χ3n) is 4.84. The summed E-state index contributed by atoms with van der Waals surface area (Å²) >= 11 is 6.10. The largest absolute Gasteiger partial charge is 0.469 e. The van der Waals surface area contributed by atoms with Gasteiger partial charge in [-0.1, -0.05) is 11.6 Å². The van der Waals surface area contributed by atoms with E-state index >= 15 is 0 Å². The average molecular weight is 447 g/mol. The number of oxazole rings is 1. The van der Waals surface area contributed by atoms with Gasteiger partial charge in [0, 0.05) is 35.5 Å². The van der Waals surface area contributed by atoms with Gasteiger partial charge >= 0.3 is 5.97 Å². The van der Waals surface area contributed by atoms with E-state index in [1.54, 1.807) is 37.3 Å². The average Bonchev–Trinajstić information content (AvgIpc) is 3.25. The molecule has 4 aromatic rings. The number of ether oxygens (including phenoxy) is 1. The Kier molecular flexibility index (Phi) is 5.29. The number of aryl methyl sites for hydroxylation is 2. The fourth-order valence-electron chi connectivity index (χ4n) is 3.48. The molecule has 30 heavy (non-hydrogen) atoms. The van der Waals surface area contributed by atoms with E-state index in [4.69, 9.17) is 16.0 Å². The van der Waals surface area contributed by atoms with Gasteiger partial charge in [-0.05, 0) is 49.2 Å². The molecular weight excluding hydrogens is 428 g/mol. The zero-order valence-corrected chi connectivity index (χ0v) is 18.0. The number of esters is 1. The van der Waals surface area contributed by atoms with Crippen LogP contribution in [0.3, 0.4) is 0 Å². The van der Waals surface area contributed by atoms with Crippen molar-refractivity contribution >= 4 is 49.6 Å². The Bertz CT molecular complexity index is 1370. The fourth-order valence-corrected chi connectivity index (χ4v) is 5.24. The first-order chi connectivity index (χ1) is 14.3. The molecule has 0 saturated heterocycles. The van der Waals surface area contributed by atoms with Crippen LogP contribution in [0, 0.1) is 6.92 Å². The van der Waals surface area contributed by atoms with E-state index in [1.807, 2.05) is 0 Å². The van der Waals surface area contributed by atoms with Crippen molar-refractivity contribution in [2.45, 2.75) is 31.1 Å². The lowest BCUT2D eigenvalue weighted by atomic mass is 10.2. The zero-order chi connectivity index (χ0) is 21.5. The lowest BCUT2D eigenvalue weighted by Crippen LogP contribution is -2.16. The van der Waals surface area contributed by atoms with Gasteiger partial charge < -0.3 is 9.15 Å². The van der Waals surface area contributed by atoms with Crippen molar-refractivity contribution in [2.24, 2.45) is 0 Å². The summed E-state index contributed by atoms with van der Waals surface area (Å²) < 4.78 is 38.7. The smallest absolute Gasteiger partial charge is 0.305 e. The lowest BCUT2D eigenvalue weighted by Gasteiger charge is -2.12. The first kappa shape index (κ1) is 20.4. The summed E-state index contributed by atoms with van der Waals surface area (Å²) in [6, 6.07) is 11.4. The Morgan fingerprint density at radius 2 is 2.00 bits per heavy atom. The predicted molar refractivity (Wildman–Crippen MR) is 113 cm³/mol. The maximum Gasteiger partial charge on any atom is 0.305 e. The lowest BCUT2D eigenvalue weighted by molar-refractivity contribution is -0.140. The van der Waals surface area contributed by atoms with E-state index in [0.29, 0.717) is 51.5 Å². The molecule has 0 radical (unpaired) electrons. The molecule has 0 atom stereocenters. The molecule has 2 aromatic carbocycles. The Labute approximate surface area is 178 Å². The van der Waals surface area contributed by atoms with E-state index in [9.17, 15) is 13.2 Å². The number of methoxy groups -OCH3 is 1. The van der Waals surface area contributed by atoms with Gasteiger partial charge in [0.1, 0.15) is 5.52 Å². The van der Waals surface area contributed by atoms with Crippen LogP contribution in [0.5, 0.6) is 0 Å². The number of nitrogens with zero attached hydrogens (tertiary/aromatic N) is 2. The van der Waals surface area contributed by atoms with E-state index in [-0.39, 0.29) is 17.3 Å². The van der Waals surface area contributed by atoms with Gasteiger partial charge in [-0.15, -0.1) is 0 Å². The predicted octanol–water partition coefficient (Wildman–Crippen LogP) is 4.48. The van der Waals surface area contributed by atoms with Crippen molar-refractivity contribution in [2.75, 3.05) is 7.11 Å². The Morgan fingerprint density at radius 3 is 2.77 bits per heavy atom. The van der Waals surface area contributed by atoms with Gasteiger partial charge in [0.2, 0.25) is 0 Å². The number of hydrogen-bond donors (Lipinski definition) is 0. The Hall–Kier alpha value is -2.84. The minimum atomic E-state index is -3.93. The third kappa shape index (κ3) is 3.68. The van der Waals surface area contributed by atoms with Crippen LogP contribution in [0.4, 0.5) is 0 Å². The normalized spacial score (nSPS) is 12.0. The summed E-state index contributed by atoms with van der Waals surface area (Å²) in [5.41, 5.74) is 2.07. The highest BCUT2D eigenvalue weighted by molar-refractivity contribution is 7.90. The van der Waals surface area contributed by atoms with Crippen molar-refractivity contribution in [3.05, 3.63) is 59.1 Å². The summed E-state index contributed by atoms with van der Waals surface area (Å²) in [4.78, 5) is 15.8. The van der Waals surface area contributed by atoms with Gasteiger partial charge in [0.25, 0.3) is 10.0 Å². The van der Waals surface area contributed by atoms with Gasteiger partial charge in [-0.25, -0.2) is 17.4 Å². The van der Waals surface area contributed by atoms with Crippen LogP contribution in [0.2, 0.25) is 5.02 Å². The summed E-state index contributed by atoms with van der Waals surface area (Å²) in [5.74, 6) is 0.124. The molecule has 0 saturated carbocycles. The van der Waals surface area contributed by atoms with Crippen LogP contribution in [-0.4, -0.2) is 30.5 Å². The summed E-state index contributed by atoms with van der Waals surface area (Å²) in [6.45, 7) is 1.71. The fraction of sp³-hybridized carbons (Fsp3) is 0.238. The van der Waals surface area contributed by atoms with E-state index < -0.39 is 10.0 Å². The molecule has 0 aliphatic heterocycles. The molecular formula is C21H19ClN2O5S. The number of carbonyl (C=O) groups is 1. The quantitative estimate of drug-likeness (QED) is 0.405. The maximum absolute atomic E-state index is 13.6. The summed E-state index contributed by atoms with van der Waals surface area (Å²) in [7, 11) is -2.61. The zero-order valence-electron chi connectivity index (χ0n) is 16.4. The van der Waals surface area contributed by atoms with Crippen LogP contribution in [0.25, 0.3) is 22.0 Å². The molecule has 0 fully saturated rings. The van der Waals surface area contributed by atoms with Crippen molar-refractivity contribution in [3.8, 4) is 0 Å². The van der Waals surface area contributed by atoms with Crippen molar-refractivity contribution in [1.29, 1.82) is 0 Å². The molecule has 0 amide bonds. The minimum absolute atomic E-state index is 0.0906. The number of halogens is 1. The molecule has 0 aliphatic carbocycles. The third-order valence-corrected chi connectivity index (χ3v) is 6.83. The second-order valence-corrected chi connectivity index (χ2v) is 9.12. The Morgan fingerprint density at radius 1 is 1.20 bits per heavy atom. The number of rotatable bonds is 6. The first-order valence-electron chi connectivity index (χ1n) is 9.29. The number of aromatic nitrogens is 2. The van der Waals surface area contributed by atoms with Crippen LogP contribution in [0.15, 0.2) is 51.8 Å². The molecule has 2 heterocycles. The molecule has 9 heteroatoms. The van der Waals surface area contributed by atoms with Gasteiger partial charge in [-0.2, -0.15) is 0 Å². The molecule has 2 aromatic heterocycles. The molecule has 0 aliphatic rings. The highest BCUT2D eigenvalue weighted by atomic mass is 35.5. The monoisotopic (exact) mass is 446 g/mol. The number of fused-ring (bicyclic) bond motifs is 2. The molecule has 0 unspecified atom stereocenters. The van der Waals surface area contributed by atoms with Gasteiger partial charge in [0.15, 0.2) is 11.5 Å². The standard InChI is InChI=1S/C21H19ClN2O5S/c1-13-23-18-8-7-17(12-20(18)29-13)30(26,27)24-16(4-3-5-21(25)28-2)11-14-10-15(22)6-9-19(14)24/h6-12H,3-5H2,1-2H3. The molecule has 4 rings (SSSR count). The summed E-state index contributed by atoms with van der Waals surface area (Å²) in [5, 5.41) is 1.22. The van der Waals surface area contributed by atoms with Crippen LogP contribution in [0.1, 0.15) is 24.4 Å². The molecule has 7 nitrogen and oxygen atoms in total. The number of hydrogen-bond acceptors (Lipinski definition) is 6. The van der Waals surface area contributed by atoms with Gasteiger partial charge in [0.05, 0.1) is 17.5 Å². The van der Waals surface area contributed by atoms with Crippen LogP contribution >= 0.6 is 11.6 Å². The van der Waals surface area contributed by atoms with Crippen LogP contribution < -0.4 is 0 Å².